The van der Waals surface area contributed by atoms with E-state index >= 15 is 0 Å². The van der Waals surface area contributed by atoms with Gasteiger partial charge in [0.15, 0.2) is 5.05 Å². The van der Waals surface area contributed by atoms with Crippen LogP contribution in [0.3, 0.4) is 0 Å². The number of aryl methyl sites for hydroxylation is 1. The monoisotopic (exact) mass is 408 g/mol. The molecule has 2 aromatic carbocycles. The Balaban J connectivity index is 1.51. The van der Waals surface area contributed by atoms with Crippen LogP contribution >= 0.6 is 12.2 Å². The molecule has 0 bridgehead atoms. The quantitative estimate of drug-likeness (QED) is 0.305. The van der Waals surface area contributed by atoms with Crippen LogP contribution in [-0.4, -0.2) is 5.05 Å². The second-order valence-electron chi connectivity index (χ2n) is 8.62. The van der Waals surface area contributed by atoms with Gasteiger partial charge in [-0.05, 0) is 85.8 Å². The molecule has 0 saturated heterocycles. The molecule has 1 aliphatic rings. The van der Waals surface area contributed by atoms with E-state index in [0.29, 0.717) is 11.0 Å². The highest BCUT2D eigenvalue weighted by Crippen LogP contribution is 2.37. The van der Waals surface area contributed by atoms with Crippen molar-refractivity contribution in [3.8, 4) is 5.75 Å². The third-order valence-electron chi connectivity index (χ3n) is 6.36. The molecule has 0 aromatic heterocycles. The number of hydrogen-bond acceptors (Lipinski definition) is 2. The minimum Gasteiger partial charge on any atom is -0.445 e. The van der Waals surface area contributed by atoms with E-state index in [1.165, 1.54) is 68.9 Å². The van der Waals surface area contributed by atoms with Crippen molar-refractivity contribution in [2.45, 2.75) is 84.0 Å². The van der Waals surface area contributed by atoms with Crippen molar-refractivity contribution in [2.24, 2.45) is 5.92 Å². The Kier molecular flexibility index (Phi) is 8.73. The first-order valence-electron chi connectivity index (χ1n) is 11.6. The fraction of sp³-hybridized carbons (Fsp3) is 0.519. The lowest BCUT2D eigenvalue weighted by molar-refractivity contribution is 0.308. The molecule has 29 heavy (non-hydrogen) atoms. The number of ether oxygens (including phenoxy) is 1. The van der Waals surface area contributed by atoms with Crippen LogP contribution in [0.2, 0.25) is 0 Å². The van der Waals surface area contributed by atoms with Crippen LogP contribution in [0.25, 0.3) is 0 Å². The first-order chi connectivity index (χ1) is 14.2. The van der Waals surface area contributed by atoms with Crippen LogP contribution in [0, 0.1) is 5.92 Å². The summed E-state index contributed by atoms with van der Waals surface area (Å²) in [7, 11) is 0. The van der Waals surface area contributed by atoms with Gasteiger partial charge in [-0.1, -0.05) is 75.9 Å². The summed E-state index contributed by atoms with van der Waals surface area (Å²) in [6.07, 6.45) is 13.1. The number of benzene rings is 2. The lowest BCUT2D eigenvalue weighted by atomic mass is 9.77. The SMILES string of the molecule is CCCCCc1ccc(OC(=S)c2ccc(C3CCC(CCC)CC3)cc2)cc1. The highest BCUT2D eigenvalue weighted by molar-refractivity contribution is 7.80. The molecule has 0 unspecified atom stereocenters. The van der Waals surface area contributed by atoms with Gasteiger partial charge in [0, 0.05) is 5.56 Å². The Morgan fingerprint density at radius 2 is 1.55 bits per heavy atom. The third-order valence-corrected chi connectivity index (χ3v) is 6.68. The highest BCUT2D eigenvalue weighted by atomic mass is 32.1. The van der Waals surface area contributed by atoms with Crippen LogP contribution in [-0.2, 0) is 6.42 Å². The highest BCUT2D eigenvalue weighted by Gasteiger charge is 2.21. The van der Waals surface area contributed by atoms with Crippen molar-refractivity contribution >= 4 is 17.3 Å². The van der Waals surface area contributed by atoms with E-state index in [1.807, 2.05) is 12.1 Å². The fourth-order valence-corrected chi connectivity index (χ4v) is 4.79. The van der Waals surface area contributed by atoms with Crippen LogP contribution in [0.4, 0.5) is 0 Å². The fourth-order valence-electron chi connectivity index (χ4n) is 4.55. The normalized spacial score (nSPS) is 19.1. The molecule has 0 spiro atoms. The van der Waals surface area contributed by atoms with Gasteiger partial charge in [0.1, 0.15) is 5.75 Å². The van der Waals surface area contributed by atoms with Crippen molar-refractivity contribution in [1.29, 1.82) is 0 Å². The van der Waals surface area contributed by atoms with E-state index in [9.17, 15) is 0 Å². The van der Waals surface area contributed by atoms with Gasteiger partial charge in [-0.2, -0.15) is 0 Å². The van der Waals surface area contributed by atoms with E-state index in [-0.39, 0.29) is 0 Å². The standard InChI is InChI=1S/C27H36OS/c1-3-5-6-8-22-11-19-26(20-12-22)28-27(29)25-17-15-24(16-18-25)23-13-9-21(7-4-2)10-14-23/h11-12,15-21,23H,3-10,13-14H2,1-2H3. The molecular weight excluding hydrogens is 372 g/mol. The van der Waals surface area contributed by atoms with E-state index in [0.717, 1.165) is 23.7 Å². The molecule has 0 aliphatic heterocycles. The predicted octanol–water partition coefficient (Wildman–Crippen LogP) is 8.25. The maximum absolute atomic E-state index is 5.94. The Labute approximate surface area is 182 Å². The van der Waals surface area contributed by atoms with E-state index in [2.05, 4.69) is 50.2 Å². The molecular formula is C27H36OS. The summed E-state index contributed by atoms with van der Waals surface area (Å²) >= 11 is 5.54. The van der Waals surface area contributed by atoms with Crippen molar-refractivity contribution in [2.75, 3.05) is 0 Å². The third kappa shape index (κ3) is 6.67. The largest absolute Gasteiger partial charge is 0.445 e. The maximum atomic E-state index is 5.94. The first kappa shape index (κ1) is 22.0. The van der Waals surface area contributed by atoms with Crippen LogP contribution in [0.5, 0.6) is 5.75 Å². The zero-order valence-electron chi connectivity index (χ0n) is 18.2. The van der Waals surface area contributed by atoms with Gasteiger partial charge in [-0.25, -0.2) is 0 Å². The van der Waals surface area contributed by atoms with E-state index in [1.54, 1.807) is 0 Å². The second-order valence-corrected chi connectivity index (χ2v) is 8.99. The van der Waals surface area contributed by atoms with Gasteiger partial charge in [0.25, 0.3) is 0 Å². The van der Waals surface area contributed by atoms with Crippen molar-refractivity contribution in [1.82, 2.24) is 0 Å². The van der Waals surface area contributed by atoms with Crippen LogP contribution in [0.1, 0.15) is 94.2 Å². The van der Waals surface area contributed by atoms with Gasteiger partial charge in [0.05, 0.1) is 0 Å². The molecule has 3 rings (SSSR count). The lowest BCUT2D eigenvalue weighted by Gasteiger charge is -2.28. The number of unbranched alkanes of at least 4 members (excludes halogenated alkanes) is 2. The lowest BCUT2D eigenvalue weighted by Crippen LogP contribution is -2.13. The number of hydrogen-bond donors (Lipinski definition) is 0. The summed E-state index contributed by atoms with van der Waals surface area (Å²) in [6, 6.07) is 17.2. The molecule has 0 heterocycles. The summed E-state index contributed by atoms with van der Waals surface area (Å²) in [6.45, 7) is 4.54. The maximum Gasteiger partial charge on any atom is 0.198 e. The zero-order valence-corrected chi connectivity index (χ0v) is 19.0. The molecule has 2 aromatic rings. The molecule has 2 heteroatoms. The summed E-state index contributed by atoms with van der Waals surface area (Å²) < 4.78 is 5.94. The van der Waals surface area contributed by atoms with Gasteiger partial charge >= 0.3 is 0 Å². The summed E-state index contributed by atoms with van der Waals surface area (Å²) in [5.41, 5.74) is 3.83. The molecule has 1 nitrogen and oxygen atoms in total. The molecule has 1 fully saturated rings. The predicted molar refractivity (Wildman–Crippen MR) is 128 cm³/mol. The number of thiocarbonyl (C=S) groups is 1. The molecule has 0 atom stereocenters. The average molecular weight is 409 g/mol. The zero-order chi connectivity index (χ0) is 20.5. The minimum absolute atomic E-state index is 0.557. The molecule has 0 N–H and O–H groups in total. The number of rotatable bonds is 9. The van der Waals surface area contributed by atoms with E-state index < -0.39 is 0 Å². The first-order valence-corrected chi connectivity index (χ1v) is 12.0. The van der Waals surface area contributed by atoms with Crippen molar-refractivity contribution < 1.29 is 4.74 Å². The average Bonchev–Trinajstić information content (AvgIpc) is 2.76. The van der Waals surface area contributed by atoms with Gasteiger partial charge in [-0.15, -0.1) is 0 Å². The molecule has 1 saturated carbocycles. The van der Waals surface area contributed by atoms with Crippen LogP contribution in [0.15, 0.2) is 48.5 Å². The Morgan fingerprint density at radius 1 is 0.862 bits per heavy atom. The summed E-state index contributed by atoms with van der Waals surface area (Å²) in [4.78, 5) is 0. The summed E-state index contributed by atoms with van der Waals surface area (Å²) in [5, 5.41) is 0.557. The Morgan fingerprint density at radius 3 is 2.17 bits per heavy atom. The molecule has 0 amide bonds. The van der Waals surface area contributed by atoms with E-state index in [4.69, 9.17) is 17.0 Å². The molecule has 156 valence electrons. The topological polar surface area (TPSA) is 9.23 Å². The van der Waals surface area contributed by atoms with Gasteiger partial charge in [0.2, 0.25) is 0 Å². The van der Waals surface area contributed by atoms with Gasteiger partial charge < -0.3 is 4.74 Å². The molecule has 1 aliphatic carbocycles. The molecule has 0 radical (unpaired) electrons. The Hall–Kier alpha value is -1.67. The van der Waals surface area contributed by atoms with Crippen LogP contribution < -0.4 is 4.74 Å². The van der Waals surface area contributed by atoms with Crippen molar-refractivity contribution in [3.05, 3.63) is 65.2 Å². The van der Waals surface area contributed by atoms with Gasteiger partial charge in [-0.3, -0.25) is 0 Å². The second kappa shape index (κ2) is 11.5. The Bertz CT molecular complexity index is 739. The van der Waals surface area contributed by atoms with Crippen molar-refractivity contribution in [3.63, 3.8) is 0 Å². The summed E-state index contributed by atoms with van der Waals surface area (Å²) in [5.74, 6) is 2.49. The smallest absolute Gasteiger partial charge is 0.198 e. The minimum atomic E-state index is 0.557.